The molecule has 0 radical (unpaired) electrons. The van der Waals surface area contributed by atoms with Gasteiger partial charge in [0.25, 0.3) is 5.60 Å². The van der Waals surface area contributed by atoms with Gasteiger partial charge in [-0.05, 0) is 43.2 Å². The Kier molecular flexibility index (Phi) is 4.93. The van der Waals surface area contributed by atoms with Crippen molar-refractivity contribution < 1.29 is 31.6 Å². The Morgan fingerprint density at radius 1 is 1.18 bits per heavy atom. The monoisotopic (exact) mass is 485 g/mol. The highest BCUT2D eigenvalue weighted by molar-refractivity contribution is 6.30. The van der Waals surface area contributed by atoms with E-state index >= 15 is 4.39 Å². The number of alkyl halides is 4. The normalized spacial score (nSPS) is 24.2. The van der Waals surface area contributed by atoms with Crippen LogP contribution in [-0.2, 0) is 20.9 Å². The summed E-state index contributed by atoms with van der Waals surface area (Å²) < 4.78 is 71.0. The van der Waals surface area contributed by atoms with Gasteiger partial charge in [0.05, 0.1) is 30.9 Å². The first-order valence-corrected chi connectivity index (χ1v) is 10.6. The van der Waals surface area contributed by atoms with E-state index in [1.807, 2.05) is 0 Å². The second kappa shape index (κ2) is 7.38. The summed E-state index contributed by atoms with van der Waals surface area (Å²) in [7, 11) is 0. The lowest BCUT2D eigenvalue weighted by atomic mass is 9.86. The third-order valence-electron chi connectivity index (χ3n) is 6.19. The number of aromatic nitrogens is 1. The summed E-state index contributed by atoms with van der Waals surface area (Å²) in [6.45, 7) is -0.202. The Hall–Kier alpha value is -2.75. The highest BCUT2D eigenvalue weighted by atomic mass is 35.5. The SMILES string of the molecule is O=C(C1CC1)N1CC(F)(c2ccc(C3=NOC(c4cc(F)cc(Cl)c4)(C(F)(F)F)C3)cn2)C1. The van der Waals surface area contributed by atoms with E-state index in [1.165, 1.54) is 23.2 Å². The number of carbonyl (C=O) groups is 1. The molecule has 1 aromatic carbocycles. The number of rotatable bonds is 4. The van der Waals surface area contributed by atoms with Crippen molar-refractivity contribution in [2.24, 2.45) is 11.1 Å². The average molecular weight is 486 g/mol. The van der Waals surface area contributed by atoms with E-state index in [0.29, 0.717) is 6.07 Å². The summed E-state index contributed by atoms with van der Waals surface area (Å²) in [4.78, 5) is 22.4. The fraction of sp³-hybridized carbons (Fsp3) is 0.409. The van der Waals surface area contributed by atoms with Crippen LogP contribution in [0.1, 0.15) is 36.1 Å². The second-order valence-corrected chi connectivity index (χ2v) is 9.09. The zero-order valence-corrected chi connectivity index (χ0v) is 17.8. The van der Waals surface area contributed by atoms with E-state index in [4.69, 9.17) is 16.4 Å². The second-order valence-electron chi connectivity index (χ2n) is 8.65. The largest absolute Gasteiger partial charge is 0.435 e. The molecule has 0 bridgehead atoms. The van der Waals surface area contributed by atoms with Crippen LogP contribution in [0.2, 0.25) is 5.02 Å². The molecule has 1 saturated heterocycles. The van der Waals surface area contributed by atoms with Crippen LogP contribution in [0.25, 0.3) is 0 Å². The number of benzene rings is 1. The molecule has 3 heterocycles. The highest BCUT2D eigenvalue weighted by Gasteiger charge is 2.62. The van der Waals surface area contributed by atoms with Crippen LogP contribution in [0, 0.1) is 11.7 Å². The van der Waals surface area contributed by atoms with Crippen LogP contribution < -0.4 is 0 Å². The predicted octanol–water partition coefficient (Wildman–Crippen LogP) is 4.87. The van der Waals surface area contributed by atoms with Gasteiger partial charge in [-0.25, -0.2) is 8.78 Å². The molecule has 1 aromatic heterocycles. The van der Waals surface area contributed by atoms with Crippen LogP contribution in [0.4, 0.5) is 22.0 Å². The van der Waals surface area contributed by atoms with Crippen LogP contribution >= 0.6 is 11.6 Å². The molecular weight excluding hydrogens is 469 g/mol. The molecule has 11 heteroatoms. The van der Waals surface area contributed by atoms with E-state index in [1.54, 1.807) is 0 Å². The summed E-state index contributed by atoms with van der Waals surface area (Å²) in [5.41, 5.74) is -5.00. The third kappa shape index (κ3) is 3.74. The third-order valence-corrected chi connectivity index (χ3v) is 6.41. The van der Waals surface area contributed by atoms with Crippen LogP contribution in [0.15, 0.2) is 41.7 Å². The summed E-state index contributed by atoms with van der Waals surface area (Å²) in [5, 5.41) is 3.39. The summed E-state index contributed by atoms with van der Waals surface area (Å²) >= 11 is 5.75. The molecule has 5 nitrogen and oxygen atoms in total. The molecule has 174 valence electrons. The van der Waals surface area contributed by atoms with Crippen molar-refractivity contribution >= 4 is 23.2 Å². The van der Waals surface area contributed by atoms with E-state index in [2.05, 4.69) is 10.1 Å². The maximum Gasteiger partial charge on any atom is 0.435 e. The minimum absolute atomic E-state index is 0.00728. The Bertz CT molecular complexity index is 1120. The molecular formula is C22H17ClF5N3O2. The van der Waals surface area contributed by atoms with Crippen molar-refractivity contribution in [2.45, 2.75) is 36.7 Å². The number of carbonyl (C=O) groups excluding carboxylic acids is 1. The molecule has 0 spiro atoms. The van der Waals surface area contributed by atoms with Gasteiger partial charge >= 0.3 is 6.18 Å². The zero-order chi connectivity index (χ0) is 23.6. The molecule has 1 saturated carbocycles. The lowest BCUT2D eigenvalue weighted by Gasteiger charge is -2.44. The first-order chi connectivity index (χ1) is 15.5. The van der Waals surface area contributed by atoms with Crippen molar-refractivity contribution in [1.29, 1.82) is 0 Å². The molecule has 2 fully saturated rings. The number of amides is 1. The number of pyridine rings is 1. The molecule has 3 aliphatic rings. The van der Waals surface area contributed by atoms with Crippen molar-refractivity contribution in [1.82, 2.24) is 9.88 Å². The fourth-order valence-electron chi connectivity index (χ4n) is 4.14. The molecule has 33 heavy (non-hydrogen) atoms. The first kappa shape index (κ1) is 22.1. The maximum absolute atomic E-state index is 15.1. The van der Waals surface area contributed by atoms with Gasteiger partial charge in [0, 0.05) is 28.3 Å². The van der Waals surface area contributed by atoms with Crippen LogP contribution in [0.5, 0.6) is 0 Å². The minimum Gasteiger partial charge on any atom is -0.374 e. The summed E-state index contributed by atoms with van der Waals surface area (Å²) in [6.07, 6.45) is -2.79. The summed E-state index contributed by atoms with van der Waals surface area (Å²) in [6, 6.07) is 5.35. The first-order valence-electron chi connectivity index (χ1n) is 10.2. The van der Waals surface area contributed by atoms with Gasteiger partial charge in [-0.1, -0.05) is 16.8 Å². The standard InChI is InChI=1S/C22H17ClF5N3O2/c23-15-5-14(6-16(24)7-15)21(22(26,27)28)8-17(30-33-21)13-3-4-18(29-9-13)20(25)10-31(11-20)19(32)12-1-2-12/h3-7,9,12H,1-2,8,10-11H2. The average Bonchev–Trinajstić information content (AvgIpc) is 3.47. The number of halogens is 6. The number of nitrogens with zero attached hydrogens (tertiary/aromatic N) is 3. The van der Waals surface area contributed by atoms with Gasteiger partial charge in [0.15, 0.2) is 5.67 Å². The highest BCUT2D eigenvalue weighted by Crippen LogP contribution is 2.49. The molecule has 2 aromatic rings. The molecule has 0 N–H and O–H groups in total. The van der Waals surface area contributed by atoms with Gasteiger partial charge in [-0.15, -0.1) is 0 Å². The number of likely N-dealkylation sites (tertiary alicyclic amines) is 1. The predicted molar refractivity (Wildman–Crippen MR) is 108 cm³/mol. The fourth-order valence-corrected chi connectivity index (χ4v) is 4.36. The van der Waals surface area contributed by atoms with E-state index < -0.39 is 35.2 Å². The Balaban J connectivity index is 1.35. The van der Waals surface area contributed by atoms with Gasteiger partial charge in [-0.2, -0.15) is 13.2 Å². The molecule has 5 rings (SSSR count). The lowest BCUT2D eigenvalue weighted by Crippen LogP contribution is -2.59. The molecule has 1 unspecified atom stereocenters. The lowest BCUT2D eigenvalue weighted by molar-refractivity contribution is -0.275. The molecule has 2 aliphatic heterocycles. The van der Waals surface area contributed by atoms with Gasteiger partial charge in [-0.3, -0.25) is 9.78 Å². The number of hydrogen-bond acceptors (Lipinski definition) is 4. The van der Waals surface area contributed by atoms with Crippen molar-refractivity contribution in [2.75, 3.05) is 13.1 Å². The number of oxime groups is 1. The Labute approximate surface area is 190 Å². The van der Waals surface area contributed by atoms with E-state index in [9.17, 15) is 22.4 Å². The summed E-state index contributed by atoms with van der Waals surface area (Å²) in [5.74, 6) is -1.00. The molecule has 1 aliphatic carbocycles. The quantitative estimate of drug-likeness (QED) is 0.580. The molecule has 1 atom stereocenters. The topological polar surface area (TPSA) is 54.8 Å². The van der Waals surface area contributed by atoms with Crippen LogP contribution in [-0.4, -0.2) is 40.8 Å². The maximum atomic E-state index is 15.1. The zero-order valence-electron chi connectivity index (χ0n) is 17.0. The minimum atomic E-state index is -4.92. The van der Waals surface area contributed by atoms with Crippen molar-refractivity contribution in [3.05, 3.63) is 64.2 Å². The van der Waals surface area contributed by atoms with Crippen molar-refractivity contribution in [3.63, 3.8) is 0 Å². The van der Waals surface area contributed by atoms with E-state index in [0.717, 1.165) is 25.0 Å². The van der Waals surface area contributed by atoms with Gasteiger partial charge < -0.3 is 9.74 Å². The van der Waals surface area contributed by atoms with Crippen LogP contribution in [0.3, 0.4) is 0 Å². The Morgan fingerprint density at radius 3 is 2.48 bits per heavy atom. The Morgan fingerprint density at radius 2 is 1.91 bits per heavy atom. The van der Waals surface area contributed by atoms with Gasteiger partial charge in [0.2, 0.25) is 5.91 Å². The molecule has 1 amide bonds. The van der Waals surface area contributed by atoms with E-state index in [-0.39, 0.29) is 46.9 Å². The smallest absolute Gasteiger partial charge is 0.374 e. The number of hydrogen-bond donors (Lipinski definition) is 0. The van der Waals surface area contributed by atoms with Gasteiger partial charge in [0.1, 0.15) is 5.82 Å². The van der Waals surface area contributed by atoms with Crippen molar-refractivity contribution in [3.8, 4) is 0 Å².